The molecule has 0 radical (unpaired) electrons. The molecule has 2 unspecified atom stereocenters. The van der Waals surface area contributed by atoms with Gasteiger partial charge in [0.25, 0.3) is 0 Å². The summed E-state index contributed by atoms with van der Waals surface area (Å²) >= 11 is 0. The zero-order chi connectivity index (χ0) is 14.8. The number of amides is 1. The number of hydrogen-bond donors (Lipinski definition) is 1. The lowest BCUT2D eigenvalue weighted by Crippen LogP contribution is -2.55. The predicted octanol–water partition coefficient (Wildman–Crippen LogP) is 1.72. The van der Waals surface area contributed by atoms with E-state index in [0.29, 0.717) is 25.4 Å². The fourth-order valence-electron chi connectivity index (χ4n) is 3.68. The molecular formula is C15H26N2O3. The summed E-state index contributed by atoms with van der Waals surface area (Å²) in [5.74, 6) is -0.685. The highest BCUT2D eigenvalue weighted by Crippen LogP contribution is 2.32. The third-order valence-electron chi connectivity index (χ3n) is 5.06. The Hall–Kier alpha value is -1.10. The average molecular weight is 282 g/mol. The minimum atomic E-state index is -0.825. The van der Waals surface area contributed by atoms with Crippen LogP contribution in [0.25, 0.3) is 0 Å². The van der Waals surface area contributed by atoms with Crippen LogP contribution in [0, 0.1) is 0 Å². The van der Waals surface area contributed by atoms with Crippen LogP contribution in [0.1, 0.15) is 52.4 Å². The maximum atomic E-state index is 12.5. The second-order valence-corrected chi connectivity index (χ2v) is 6.15. The van der Waals surface area contributed by atoms with Crippen molar-refractivity contribution in [2.75, 3.05) is 19.6 Å². The molecule has 0 spiro atoms. The van der Waals surface area contributed by atoms with Crippen molar-refractivity contribution in [1.82, 2.24) is 9.80 Å². The SMILES string of the molecule is CCC1(C(=O)O)CCCN1CC(=O)N1CCCCC1C. The number of rotatable bonds is 4. The second-order valence-electron chi connectivity index (χ2n) is 6.15. The van der Waals surface area contributed by atoms with Crippen LogP contribution >= 0.6 is 0 Å². The van der Waals surface area contributed by atoms with Crippen LogP contribution in [0.15, 0.2) is 0 Å². The van der Waals surface area contributed by atoms with E-state index in [9.17, 15) is 14.7 Å². The number of carbonyl (C=O) groups is 2. The Kier molecular flexibility index (Phi) is 4.68. The molecule has 0 aromatic carbocycles. The van der Waals surface area contributed by atoms with Gasteiger partial charge in [-0.15, -0.1) is 0 Å². The van der Waals surface area contributed by atoms with Crippen LogP contribution in [0.2, 0.25) is 0 Å². The van der Waals surface area contributed by atoms with Gasteiger partial charge in [0.15, 0.2) is 0 Å². The molecule has 114 valence electrons. The van der Waals surface area contributed by atoms with Crippen LogP contribution in [-0.2, 0) is 9.59 Å². The highest BCUT2D eigenvalue weighted by molar-refractivity contribution is 5.83. The molecule has 0 aliphatic carbocycles. The van der Waals surface area contributed by atoms with Gasteiger partial charge in [0.1, 0.15) is 5.54 Å². The van der Waals surface area contributed by atoms with Crippen molar-refractivity contribution >= 4 is 11.9 Å². The highest BCUT2D eigenvalue weighted by Gasteiger charge is 2.47. The zero-order valence-electron chi connectivity index (χ0n) is 12.6. The fourth-order valence-corrected chi connectivity index (χ4v) is 3.68. The van der Waals surface area contributed by atoms with Crippen LogP contribution in [0.4, 0.5) is 0 Å². The first-order valence-electron chi connectivity index (χ1n) is 7.79. The van der Waals surface area contributed by atoms with Crippen molar-refractivity contribution < 1.29 is 14.7 Å². The van der Waals surface area contributed by atoms with Crippen LogP contribution < -0.4 is 0 Å². The Morgan fingerprint density at radius 1 is 1.25 bits per heavy atom. The summed E-state index contributed by atoms with van der Waals surface area (Å²) in [7, 11) is 0. The first-order chi connectivity index (χ1) is 9.51. The van der Waals surface area contributed by atoms with E-state index in [-0.39, 0.29) is 12.5 Å². The molecule has 0 aromatic rings. The molecule has 5 nitrogen and oxygen atoms in total. The number of aliphatic carboxylic acids is 1. The van der Waals surface area contributed by atoms with E-state index in [2.05, 4.69) is 6.92 Å². The topological polar surface area (TPSA) is 60.9 Å². The largest absolute Gasteiger partial charge is 0.480 e. The summed E-state index contributed by atoms with van der Waals surface area (Å²) < 4.78 is 0. The van der Waals surface area contributed by atoms with Gasteiger partial charge in [-0.1, -0.05) is 6.92 Å². The Balaban J connectivity index is 2.04. The molecule has 0 saturated carbocycles. The van der Waals surface area contributed by atoms with E-state index < -0.39 is 11.5 Å². The number of carboxylic acid groups (broad SMARTS) is 1. The van der Waals surface area contributed by atoms with Crippen molar-refractivity contribution in [3.63, 3.8) is 0 Å². The monoisotopic (exact) mass is 282 g/mol. The van der Waals surface area contributed by atoms with Gasteiger partial charge in [0.2, 0.25) is 5.91 Å². The molecule has 2 aliphatic heterocycles. The average Bonchev–Trinajstić information content (AvgIpc) is 2.83. The van der Waals surface area contributed by atoms with Gasteiger partial charge >= 0.3 is 5.97 Å². The van der Waals surface area contributed by atoms with Crippen molar-refractivity contribution in [2.45, 2.75) is 64.0 Å². The highest BCUT2D eigenvalue weighted by atomic mass is 16.4. The van der Waals surface area contributed by atoms with E-state index in [4.69, 9.17) is 0 Å². The number of likely N-dealkylation sites (tertiary alicyclic amines) is 2. The van der Waals surface area contributed by atoms with Gasteiger partial charge in [0, 0.05) is 12.6 Å². The standard InChI is InChI=1S/C15H26N2O3/c1-3-15(14(19)20)8-6-9-16(15)11-13(18)17-10-5-4-7-12(17)2/h12H,3-11H2,1-2H3,(H,19,20). The molecule has 2 saturated heterocycles. The first-order valence-corrected chi connectivity index (χ1v) is 7.79. The second kappa shape index (κ2) is 6.12. The molecule has 2 fully saturated rings. The van der Waals surface area contributed by atoms with Crippen molar-refractivity contribution in [3.05, 3.63) is 0 Å². The molecule has 1 amide bonds. The van der Waals surface area contributed by atoms with Crippen LogP contribution in [0.3, 0.4) is 0 Å². The molecule has 0 aromatic heterocycles. The predicted molar refractivity (Wildman–Crippen MR) is 76.5 cm³/mol. The fraction of sp³-hybridized carbons (Fsp3) is 0.867. The maximum absolute atomic E-state index is 12.5. The molecule has 5 heteroatoms. The molecular weight excluding hydrogens is 256 g/mol. The number of nitrogens with zero attached hydrogens (tertiary/aromatic N) is 2. The number of hydrogen-bond acceptors (Lipinski definition) is 3. The van der Waals surface area contributed by atoms with Gasteiger partial charge < -0.3 is 10.0 Å². The first kappa shape index (κ1) is 15.3. The van der Waals surface area contributed by atoms with E-state index in [0.717, 1.165) is 25.8 Å². The molecule has 2 rings (SSSR count). The van der Waals surface area contributed by atoms with E-state index in [1.807, 2.05) is 16.7 Å². The van der Waals surface area contributed by atoms with Crippen LogP contribution in [-0.4, -0.2) is 58.0 Å². The van der Waals surface area contributed by atoms with Crippen molar-refractivity contribution in [2.24, 2.45) is 0 Å². The van der Waals surface area contributed by atoms with Gasteiger partial charge in [-0.05, 0) is 52.0 Å². The Morgan fingerprint density at radius 3 is 2.60 bits per heavy atom. The zero-order valence-corrected chi connectivity index (χ0v) is 12.6. The lowest BCUT2D eigenvalue weighted by atomic mass is 9.93. The van der Waals surface area contributed by atoms with Gasteiger partial charge in [0.05, 0.1) is 6.54 Å². The quantitative estimate of drug-likeness (QED) is 0.853. The summed E-state index contributed by atoms with van der Waals surface area (Å²) in [5.41, 5.74) is -0.825. The van der Waals surface area contributed by atoms with Gasteiger partial charge in [-0.2, -0.15) is 0 Å². The van der Waals surface area contributed by atoms with Crippen LogP contribution in [0.5, 0.6) is 0 Å². The minimum Gasteiger partial charge on any atom is -0.480 e. The van der Waals surface area contributed by atoms with E-state index >= 15 is 0 Å². The smallest absolute Gasteiger partial charge is 0.324 e. The molecule has 2 heterocycles. The molecule has 1 N–H and O–H groups in total. The summed E-state index contributed by atoms with van der Waals surface area (Å²) in [6, 6.07) is 0.291. The molecule has 2 aliphatic rings. The van der Waals surface area contributed by atoms with Crippen molar-refractivity contribution in [1.29, 1.82) is 0 Å². The summed E-state index contributed by atoms with van der Waals surface area (Å²) in [6.45, 7) is 5.78. The minimum absolute atomic E-state index is 0.0955. The van der Waals surface area contributed by atoms with Gasteiger partial charge in [-0.3, -0.25) is 14.5 Å². The molecule has 2 atom stereocenters. The third kappa shape index (κ3) is 2.68. The Bertz CT molecular complexity index is 385. The summed E-state index contributed by atoms with van der Waals surface area (Å²) in [6.07, 6.45) is 5.38. The van der Waals surface area contributed by atoms with Crippen molar-refractivity contribution in [3.8, 4) is 0 Å². The van der Waals surface area contributed by atoms with E-state index in [1.165, 1.54) is 6.42 Å². The lowest BCUT2D eigenvalue weighted by Gasteiger charge is -2.38. The summed E-state index contributed by atoms with van der Waals surface area (Å²) in [4.78, 5) is 27.9. The number of carboxylic acids is 1. The molecule has 0 bridgehead atoms. The summed E-state index contributed by atoms with van der Waals surface area (Å²) in [5, 5.41) is 9.54. The number of carbonyl (C=O) groups excluding carboxylic acids is 1. The Morgan fingerprint density at radius 2 is 2.00 bits per heavy atom. The number of piperidine rings is 1. The van der Waals surface area contributed by atoms with E-state index in [1.54, 1.807) is 0 Å². The normalized spacial score (nSPS) is 31.5. The molecule has 20 heavy (non-hydrogen) atoms. The van der Waals surface area contributed by atoms with Gasteiger partial charge in [-0.25, -0.2) is 0 Å². The Labute approximate surface area is 120 Å². The maximum Gasteiger partial charge on any atom is 0.324 e. The lowest BCUT2D eigenvalue weighted by molar-refractivity contribution is -0.152. The third-order valence-corrected chi connectivity index (χ3v) is 5.06.